The molecule has 8 nitrogen and oxygen atoms in total. The first-order chi connectivity index (χ1) is 12.7. The zero-order valence-electron chi connectivity index (χ0n) is 17.7. The fourth-order valence-electron chi connectivity index (χ4n) is 2.47. The van der Waals surface area contributed by atoms with Gasteiger partial charge in [-0.3, -0.25) is 9.00 Å². The minimum Gasteiger partial charge on any atom is -0.443 e. The third-order valence-corrected chi connectivity index (χ3v) is 7.91. The number of hydrogen-bond acceptors (Lipinski definition) is 7. The molecule has 1 rings (SSSR count). The molecule has 2 atom stereocenters. The van der Waals surface area contributed by atoms with Gasteiger partial charge in [-0.25, -0.2) is 20.0 Å². The molecule has 0 saturated carbocycles. The first kappa shape index (κ1) is 24.7. The monoisotopic (exact) mass is 436 g/mol. The Balaban J connectivity index is 3.03. The smallest absolute Gasteiger partial charge is 0.429 e. The molecule has 1 aliphatic rings. The van der Waals surface area contributed by atoms with Gasteiger partial charge in [-0.15, -0.1) is 11.8 Å². The van der Waals surface area contributed by atoms with E-state index in [0.717, 1.165) is 17.2 Å². The Hall–Kier alpha value is -1.29. The number of nitrogens with zero attached hydrogens (tertiary/aromatic N) is 1. The van der Waals surface area contributed by atoms with Crippen molar-refractivity contribution in [3.05, 3.63) is 0 Å². The van der Waals surface area contributed by atoms with E-state index in [1.54, 1.807) is 48.5 Å². The summed E-state index contributed by atoms with van der Waals surface area (Å²) in [7, 11) is -1.35. The highest BCUT2D eigenvalue weighted by Gasteiger charge is 2.46. The van der Waals surface area contributed by atoms with Gasteiger partial charge in [-0.1, -0.05) is 6.92 Å². The maximum absolute atomic E-state index is 13.1. The molecule has 2 amide bonds. The fourth-order valence-corrected chi connectivity index (χ4v) is 6.10. The SMILES string of the molecule is CC[C@@]1(C(=O)CN(NC(=O)OC(C)(C)C)C(=O)OC(C)(C)C)SCCCS1=O. The lowest BCUT2D eigenvalue weighted by Crippen LogP contribution is -2.55. The van der Waals surface area contributed by atoms with Crippen molar-refractivity contribution in [1.29, 1.82) is 0 Å². The maximum Gasteiger partial charge on any atom is 0.429 e. The molecule has 0 aromatic rings. The van der Waals surface area contributed by atoms with E-state index in [-0.39, 0.29) is 5.78 Å². The predicted molar refractivity (Wildman–Crippen MR) is 110 cm³/mol. The molecule has 0 radical (unpaired) electrons. The third kappa shape index (κ3) is 7.27. The highest BCUT2D eigenvalue weighted by Crippen LogP contribution is 2.38. The van der Waals surface area contributed by atoms with Crippen LogP contribution in [-0.2, 0) is 25.1 Å². The quantitative estimate of drug-likeness (QED) is 0.675. The molecule has 0 aromatic heterocycles. The van der Waals surface area contributed by atoms with Crippen molar-refractivity contribution in [2.45, 2.75) is 76.6 Å². The summed E-state index contributed by atoms with van der Waals surface area (Å²) in [6, 6.07) is 0. The largest absolute Gasteiger partial charge is 0.443 e. The number of nitrogens with one attached hydrogen (secondary N) is 1. The average molecular weight is 437 g/mol. The van der Waals surface area contributed by atoms with Gasteiger partial charge in [0.1, 0.15) is 17.7 Å². The number of Topliss-reactive ketones (excluding diaryl/α,β-unsaturated/α-hetero) is 1. The normalized spacial score (nSPS) is 22.9. The number of carbonyl (C=O) groups excluding carboxylic acids is 3. The van der Waals surface area contributed by atoms with E-state index in [1.807, 2.05) is 0 Å². The van der Waals surface area contributed by atoms with Crippen LogP contribution in [0.15, 0.2) is 0 Å². The van der Waals surface area contributed by atoms with Crippen LogP contribution in [0.5, 0.6) is 0 Å². The van der Waals surface area contributed by atoms with Gasteiger partial charge in [0.2, 0.25) is 0 Å². The van der Waals surface area contributed by atoms with Crippen molar-refractivity contribution in [2.24, 2.45) is 0 Å². The van der Waals surface area contributed by atoms with Crippen LogP contribution in [0.3, 0.4) is 0 Å². The maximum atomic E-state index is 13.1. The van der Waals surface area contributed by atoms with E-state index >= 15 is 0 Å². The zero-order valence-corrected chi connectivity index (χ0v) is 19.4. The van der Waals surface area contributed by atoms with Crippen LogP contribution in [0.4, 0.5) is 9.59 Å². The minimum absolute atomic E-state index is 0.373. The van der Waals surface area contributed by atoms with Crippen molar-refractivity contribution < 1.29 is 28.1 Å². The van der Waals surface area contributed by atoms with Crippen LogP contribution in [0.25, 0.3) is 0 Å². The topological polar surface area (TPSA) is 102 Å². The Morgan fingerprint density at radius 2 is 1.68 bits per heavy atom. The molecular weight excluding hydrogens is 404 g/mol. The highest BCUT2D eigenvalue weighted by molar-refractivity contribution is 8.14. The van der Waals surface area contributed by atoms with E-state index in [4.69, 9.17) is 9.47 Å². The summed E-state index contributed by atoms with van der Waals surface area (Å²) in [5.41, 5.74) is 0.691. The summed E-state index contributed by atoms with van der Waals surface area (Å²) in [5, 5.41) is 0.797. The molecule has 1 fully saturated rings. The Kier molecular flexibility index (Phi) is 8.37. The first-order valence-electron chi connectivity index (χ1n) is 9.26. The molecular formula is C18H32N2O6S2. The van der Waals surface area contributed by atoms with E-state index in [1.165, 1.54) is 11.8 Å². The van der Waals surface area contributed by atoms with Crippen molar-refractivity contribution >= 4 is 40.5 Å². The van der Waals surface area contributed by atoms with Gasteiger partial charge < -0.3 is 9.47 Å². The van der Waals surface area contributed by atoms with Crippen molar-refractivity contribution in [3.8, 4) is 0 Å². The Bertz CT molecular complexity index is 627. The Morgan fingerprint density at radius 1 is 1.11 bits per heavy atom. The van der Waals surface area contributed by atoms with Gasteiger partial charge in [0.15, 0.2) is 9.86 Å². The summed E-state index contributed by atoms with van der Waals surface area (Å²) >= 11 is 1.35. The lowest BCUT2D eigenvalue weighted by atomic mass is 10.2. The molecule has 0 bridgehead atoms. The molecule has 0 aromatic carbocycles. The summed E-state index contributed by atoms with van der Waals surface area (Å²) in [6.07, 6.45) is -0.616. The summed E-state index contributed by atoms with van der Waals surface area (Å²) in [6.45, 7) is 11.4. The second-order valence-corrected chi connectivity index (χ2v) is 11.9. The van der Waals surface area contributed by atoms with Crippen molar-refractivity contribution in [1.82, 2.24) is 10.4 Å². The number of thioether (sulfide) groups is 1. The molecule has 162 valence electrons. The molecule has 1 N–H and O–H groups in total. The first-order valence-corrected chi connectivity index (χ1v) is 11.6. The number of hydrazine groups is 1. The number of carbonyl (C=O) groups is 3. The van der Waals surface area contributed by atoms with E-state index in [9.17, 15) is 18.6 Å². The van der Waals surface area contributed by atoms with Gasteiger partial charge in [0, 0.05) is 16.6 Å². The zero-order chi connectivity index (χ0) is 21.8. The van der Waals surface area contributed by atoms with Crippen molar-refractivity contribution in [2.75, 3.05) is 18.1 Å². The van der Waals surface area contributed by atoms with Crippen LogP contribution in [0, 0.1) is 0 Å². The van der Waals surface area contributed by atoms with Gasteiger partial charge >= 0.3 is 12.2 Å². The number of hydrogen-bond donors (Lipinski definition) is 1. The standard InChI is InChI=1S/C18H32N2O6S2/c1-8-18(27-10-9-11-28(18)24)13(21)12-20(15(23)26-17(5,6)7)19-14(22)25-16(2,3)4/h8-12H2,1-7H3,(H,19,22)/t18-,28?/m1/s1. The summed E-state index contributed by atoms with van der Waals surface area (Å²) < 4.78 is 22.0. The number of amides is 2. The van der Waals surface area contributed by atoms with Crippen LogP contribution in [-0.4, -0.2) is 60.5 Å². The fraction of sp³-hybridized carbons (Fsp3) is 0.833. The highest BCUT2D eigenvalue weighted by atomic mass is 32.2. The second-order valence-electron chi connectivity index (χ2n) is 8.46. The second kappa shape index (κ2) is 9.47. The van der Waals surface area contributed by atoms with Gasteiger partial charge in [0.25, 0.3) is 0 Å². The van der Waals surface area contributed by atoms with Gasteiger partial charge in [-0.2, -0.15) is 0 Å². The lowest BCUT2D eigenvalue weighted by molar-refractivity contribution is -0.121. The number of ketones is 1. The molecule has 1 unspecified atom stereocenters. The Labute approximate surface area is 173 Å². The van der Waals surface area contributed by atoms with Gasteiger partial charge in [0.05, 0.1) is 0 Å². The van der Waals surface area contributed by atoms with E-state index < -0.39 is 44.8 Å². The summed E-state index contributed by atoms with van der Waals surface area (Å²) in [5.74, 6) is 0.774. The Morgan fingerprint density at radius 3 is 2.14 bits per heavy atom. The lowest BCUT2D eigenvalue weighted by Gasteiger charge is -2.35. The third-order valence-electron chi connectivity index (χ3n) is 3.61. The average Bonchev–Trinajstić information content (AvgIpc) is 2.51. The van der Waals surface area contributed by atoms with Crippen LogP contribution in [0.2, 0.25) is 0 Å². The van der Waals surface area contributed by atoms with E-state index in [2.05, 4.69) is 5.43 Å². The van der Waals surface area contributed by atoms with Crippen LogP contribution >= 0.6 is 11.8 Å². The molecule has 1 aliphatic heterocycles. The summed E-state index contributed by atoms with van der Waals surface area (Å²) in [4.78, 5) is 37.8. The van der Waals surface area contributed by atoms with Gasteiger partial charge in [-0.05, 0) is 60.1 Å². The molecule has 0 aliphatic carbocycles. The molecule has 28 heavy (non-hydrogen) atoms. The van der Waals surface area contributed by atoms with E-state index in [0.29, 0.717) is 12.2 Å². The molecule has 1 saturated heterocycles. The number of rotatable bonds is 4. The molecule has 10 heteroatoms. The number of ether oxygens (including phenoxy) is 2. The van der Waals surface area contributed by atoms with Crippen LogP contribution < -0.4 is 5.43 Å². The van der Waals surface area contributed by atoms with Crippen molar-refractivity contribution in [3.63, 3.8) is 0 Å². The predicted octanol–water partition coefficient (Wildman–Crippen LogP) is 3.22. The molecule has 0 spiro atoms. The molecule has 1 heterocycles. The minimum atomic E-state index is -1.35. The van der Waals surface area contributed by atoms with Crippen LogP contribution in [0.1, 0.15) is 61.3 Å².